The number of carbonyl (C=O) groups excluding carboxylic acids is 3. The summed E-state index contributed by atoms with van der Waals surface area (Å²) in [5, 5.41) is 9.03. The number of ether oxygens (including phenoxy) is 3. The predicted octanol–water partition coefficient (Wildman–Crippen LogP) is 3.37. The van der Waals surface area contributed by atoms with Crippen molar-refractivity contribution in [3.63, 3.8) is 0 Å². The second kappa shape index (κ2) is 9.86. The van der Waals surface area contributed by atoms with Gasteiger partial charge in [0.1, 0.15) is 11.9 Å². The molecule has 0 spiro atoms. The van der Waals surface area contributed by atoms with Crippen LogP contribution in [0.25, 0.3) is 0 Å². The van der Waals surface area contributed by atoms with E-state index in [0.717, 1.165) is 6.08 Å². The maximum atomic E-state index is 12.5. The number of carboxylic acid groups (broad SMARTS) is 1. The highest BCUT2D eigenvalue weighted by Gasteiger charge is 2.28. The Morgan fingerprint density at radius 2 is 1.69 bits per heavy atom. The third-order valence-corrected chi connectivity index (χ3v) is 4.74. The lowest BCUT2D eigenvalue weighted by Gasteiger charge is -2.26. The van der Waals surface area contributed by atoms with E-state index in [1.165, 1.54) is 12.1 Å². The Kier molecular flexibility index (Phi) is 7.52. The van der Waals surface area contributed by atoms with Crippen LogP contribution in [-0.4, -0.2) is 41.7 Å². The standard InChI is InChI=1S/C21H24O8/c1-4-16(22)11-27-21(26)29-18-12(2)9-15(10-13(18)3)20(25)28-17-7-5-14(6-8-17)19(23)24/h4,9-10,14,17H,1,5-8,11H2,2-3H3,(H,23,24). The second-order valence-corrected chi connectivity index (χ2v) is 6.97. The van der Waals surface area contributed by atoms with Crippen molar-refractivity contribution in [3.05, 3.63) is 41.5 Å². The summed E-state index contributed by atoms with van der Waals surface area (Å²) in [4.78, 5) is 46.3. The van der Waals surface area contributed by atoms with Crippen LogP contribution in [0.15, 0.2) is 24.8 Å². The second-order valence-electron chi connectivity index (χ2n) is 6.97. The molecule has 0 aliphatic heterocycles. The number of carboxylic acids is 1. The molecule has 2 rings (SSSR count). The fourth-order valence-corrected chi connectivity index (χ4v) is 3.18. The third kappa shape index (κ3) is 6.17. The molecule has 29 heavy (non-hydrogen) atoms. The molecular weight excluding hydrogens is 380 g/mol. The highest BCUT2D eigenvalue weighted by atomic mass is 16.7. The highest BCUT2D eigenvalue weighted by Crippen LogP contribution is 2.29. The first-order valence-corrected chi connectivity index (χ1v) is 9.26. The molecule has 0 bridgehead atoms. The molecule has 0 aromatic heterocycles. The lowest BCUT2D eigenvalue weighted by molar-refractivity contribution is -0.143. The molecule has 1 aliphatic rings. The molecule has 1 saturated carbocycles. The minimum absolute atomic E-state index is 0.236. The lowest BCUT2D eigenvalue weighted by atomic mass is 9.87. The zero-order valence-corrected chi connectivity index (χ0v) is 16.4. The normalized spacial score (nSPS) is 18.4. The summed E-state index contributed by atoms with van der Waals surface area (Å²) in [5.74, 6) is -1.93. The van der Waals surface area contributed by atoms with E-state index in [4.69, 9.17) is 19.3 Å². The summed E-state index contributed by atoms with van der Waals surface area (Å²) in [6, 6.07) is 3.07. The molecule has 1 aliphatic carbocycles. The Hall–Kier alpha value is -3.16. The van der Waals surface area contributed by atoms with Crippen LogP contribution in [0.3, 0.4) is 0 Å². The Bertz CT molecular complexity index is 795. The molecule has 1 N–H and O–H groups in total. The van der Waals surface area contributed by atoms with Crippen LogP contribution >= 0.6 is 0 Å². The van der Waals surface area contributed by atoms with Crippen LogP contribution in [-0.2, 0) is 19.1 Å². The summed E-state index contributed by atoms with van der Waals surface area (Å²) in [5.41, 5.74) is 1.36. The molecular formula is C21H24O8. The average molecular weight is 404 g/mol. The number of benzene rings is 1. The third-order valence-electron chi connectivity index (χ3n) is 4.74. The van der Waals surface area contributed by atoms with Crippen LogP contribution in [0.5, 0.6) is 5.75 Å². The van der Waals surface area contributed by atoms with Gasteiger partial charge in [0.25, 0.3) is 0 Å². The summed E-state index contributed by atoms with van der Waals surface area (Å²) in [7, 11) is 0. The average Bonchev–Trinajstić information content (AvgIpc) is 2.69. The minimum Gasteiger partial charge on any atom is -0.481 e. The summed E-state index contributed by atoms with van der Waals surface area (Å²) >= 11 is 0. The molecule has 0 atom stereocenters. The van der Waals surface area contributed by atoms with Gasteiger partial charge in [0.15, 0.2) is 12.4 Å². The summed E-state index contributed by atoms with van der Waals surface area (Å²) < 4.78 is 15.3. The lowest BCUT2D eigenvalue weighted by Crippen LogP contribution is -2.28. The molecule has 0 radical (unpaired) electrons. The largest absolute Gasteiger partial charge is 0.514 e. The number of rotatable bonds is 7. The van der Waals surface area contributed by atoms with Crippen LogP contribution in [0.2, 0.25) is 0 Å². The number of esters is 1. The number of ketones is 1. The molecule has 1 fully saturated rings. The van der Waals surface area contributed by atoms with Crippen LogP contribution < -0.4 is 4.74 Å². The van der Waals surface area contributed by atoms with Gasteiger partial charge in [-0.3, -0.25) is 9.59 Å². The van der Waals surface area contributed by atoms with E-state index >= 15 is 0 Å². The van der Waals surface area contributed by atoms with Crippen molar-refractivity contribution < 1.29 is 38.5 Å². The summed E-state index contributed by atoms with van der Waals surface area (Å²) in [6.45, 7) is 6.15. The van der Waals surface area contributed by atoms with E-state index in [2.05, 4.69) is 6.58 Å². The molecule has 0 unspecified atom stereocenters. The molecule has 156 valence electrons. The first-order valence-electron chi connectivity index (χ1n) is 9.26. The van der Waals surface area contributed by atoms with Gasteiger partial charge in [-0.2, -0.15) is 0 Å². The minimum atomic E-state index is -1.03. The van der Waals surface area contributed by atoms with E-state index in [9.17, 15) is 19.2 Å². The number of aliphatic carboxylic acids is 1. The molecule has 1 aromatic rings. The number of carbonyl (C=O) groups is 4. The van der Waals surface area contributed by atoms with Gasteiger partial charge in [0.05, 0.1) is 11.5 Å². The smallest absolute Gasteiger partial charge is 0.481 e. The first-order chi connectivity index (χ1) is 13.7. The maximum absolute atomic E-state index is 12.5. The van der Waals surface area contributed by atoms with Crippen molar-refractivity contribution in [2.24, 2.45) is 5.92 Å². The van der Waals surface area contributed by atoms with Gasteiger partial charge in [-0.25, -0.2) is 9.59 Å². The molecule has 0 amide bonds. The Morgan fingerprint density at radius 3 is 2.21 bits per heavy atom. The van der Waals surface area contributed by atoms with Gasteiger partial charge >= 0.3 is 18.1 Å². The van der Waals surface area contributed by atoms with E-state index in [1.54, 1.807) is 13.8 Å². The van der Waals surface area contributed by atoms with Gasteiger partial charge in [0.2, 0.25) is 0 Å². The Balaban J connectivity index is 1.98. The number of hydrogen-bond donors (Lipinski definition) is 1. The quantitative estimate of drug-likeness (QED) is 0.418. The predicted molar refractivity (Wildman–Crippen MR) is 102 cm³/mol. The van der Waals surface area contributed by atoms with Crippen molar-refractivity contribution in [2.75, 3.05) is 6.61 Å². The van der Waals surface area contributed by atoms with Crippen molar-refractivity contribution in [1.82, 2.24) is 0 Å². The summed E-state index contributed by atoms with van der Waals surface area (Å²) in [6.07, 6.45) is 1.68. The molecule has 1 aromatic carbocycles. The topological polar surface area (TPSA) is 116 Å². The van der Waals surface area contributed by atoms with Gasteiger partial charge in [-0.05, 0) is 68.9 Å². The van der Waals surface area contributed by atoms with Crippen LogP contribution in [0, 0.1) is 19.8 Å². The van der Waals surface area contributed by atoms with Crippen LogP contribution in [0.4, 0.5) is 4.79 Å². The van der Waals surface area contributed by atoms with E-state index in [0.29, 0.717) is 42.4 Å². The number of hydrogen-bond acceptors (Lipinski definition) is 7. The Morgan fingerprint density at radius 1 is 1.10 bits per heavy atom. The van der Waals surface area contributed by atoms with Crippen molar-refractivity contribution in [3.8, 4) is 5.75 Å². The van der Waals surface area contributed by atoms with Crippen LogP contribution in [0.1, 0.15) is 47.2 Å². The zero-order chi connectivity index (χ0) is 21.6. The fourth-order valence-electron chi connectivity index (χ4n) is 3.18. The maximum Gasteiger partial charge on any atom is 0.514 e. The SMILES string of the molecule is C=CC(=O)COC(=O)Oc1c(C)cc(C(=O)OC2CCC(C(=O)O)CC2)cc1C. The Labute approximate surface area is 168 Å². The van der Waals surface area contributed by atoms with Crippen molar-refractivity contribution in [2.45, 2.75) is 45.6 Å². The van der Waals surface area contributed by atoms with E-state index in [-0.39, 0.29) is 17.8 Å². The van der Waals surface area contributed by atoms with E-state index < -0.39 is 30.5 Å². The van der Waals surface area contributed by atoms with Gasteiger partial charge < -0.3 is 19.3 Å². The molecule has 0 heterocycles. The van der Waals surface area contributed by atoms with Gasteiger partial charge in [-0.1, -0.05) is 6.58 Å². The highest BCUT2D eigenvalue weighted by molar-refractivity contribution is 5.91. The van der Waals surface area contributed by atoms with Crippen molar-refractivity contribution >= 4 is 23.9 Å². The number of aryl methyl sites for hydroxylation is 2. The zero-order valence-electron chi connectivity index (χ0n) is 16.4. The molecule has 8 heteroatoms. The van der Waals surface area contributed by atoms with E-state index in [1.807, 2.05) is 0 Å². The first kappa shape index (κ1) is 22.1. The molecule has 8 nitrogen and oxygen atoms in total. The van der Waals surface area contributed by atoms with Gasteiger partial charge in [-0.15, -0.1) is 0 Å². The molecule has 0 saturated heterocycles. The van der Waals surface area contributed by atoms with Crippen molar-refractivity contribution in [1.29, 1.82) is 0 Å². The monoisotopic (exact) mass is 404 g/mol. The van der Waals surface area contributed by atoms with Gasteiger partial charge in [0, 0.05) is 0 Å². The fraction of sp³-hybridized carbons (Fsp3) is 0.429.